The number of halogens is 3. The summed E-state index contributed by atoms with van der Waals surface area (Å²) >= 11 is 1.18. The van der Waals surface area contributed by atoms with E-state index in [1.54, 1.807) is 30.5 Å². The molecule has 10 heteroatoms. The van der Waals surface area contributed by atoms with Crippen molar-refractivity contribution < 1.29 is 27.5 Å². The SMILES string of the molecule is COC(=O)Nc1ccccc1CON=C(SC)c1ccc(C(F)(F)F)cn1. The fourth-order valence-corrected chi connectivity index (χ4v) is 2.42. The highest BCUT2D eigenvalue weighted by Crippen LogP contribution is 2.28. The Morgan fingerprint density at radius 3 is 2.59 bits per heavy atom. The summed E-state index contributed by atoms with van der Waals surface area (Å²) in [6.45, 7) is 0.0326. The maximum absolute atomic E-state index is 12.6. The molecule has 0 aliphatic rings. The summed E-state index contributed by atoms with van der Waals surface area (Å²) in [6, 6.07) is 9.06. The normalized spacial score (nSPS) is 11.8. The van der Waals surface area contributed by atoms with Crippen LogP contribution in [0.25, 0.3) is 0 Å². The fraction of sp³-hybridized carbons (Fsp3) is 0.235. The number of anilines is 1. The Balaban J connectivity index is 2.09. The molecule has 2 rings (SSSR count). The highest BCUT2D eigenvalue weighted by molar-refractivity contribution is 8.13. The van der Waals surface area contributed by atoms with E-state index < -0.39 is 17.8 Å². The van der Waals surface area contributed by atoms with E-state index in [0.29, 0.717) is 16.3 Å². The van der Waals surface area contributed by atoms with Crippen molar-refractivity contribution in [3.63, 3.8) is 0 Å². The fourth-order valence-electron chi connectivity index (χ4n) is 1.97. The Kier molecular flexibility index (Phi) is 7.05. The second kappa shape index (κ2) is 9.26. The van der Waals surface area contributed by atoms with Crippen molar-refractivity contribution in [2.75, 3.05) is 18.7 Å². The van der Waals surface area contributed by atoms with Crippen LogP contribution < -0.4 is 5.32 Å². The van der Waals surface area contributed by atoms with Crippen LogP contribution in [0.4, 0.5) is 23.7 Å². The maximum Gasteiger partial charge on any atom is 0.417 e. The first-order valence-electron chi connectivity index (χ1n) is 7.55. The summed E-state index contributed by atoms with van der Waals surface area (Å²) < 4.78 is 42.4. The molecule has 0 fully saturated rings. The highest BCUT2D eigenvalue weighted by Gasteiger charge is 2.30. The van der Waals surface area contributed by atoms with Gasteiger partial charge in [-0.15, -0.1) is 11.8 Å². The molecule has 0 saturated heterocycles. The number of rotatable bonds is 5. The lowest BCUT2D eigenvalue weighted by molar-refractivity contribution is -0.137. The first-order chi connectivity index (χ1) is 12.8. The quantitative estimate of drug-likeness (QED) is 0.455. The van der Waals surface area contributed by atoms with E-state index >= 15 is 0 Å². The van der Waals surface area contributed by atoms with Gasteiger partial charge in [-0.05, 0) is 24.5 Å². The van der Waals surface area contributed by atoms with Gasteiger partial charge in [-0.3, -0.25) is 10.3 Å². The molecular formula is C17H16F3N3O3S. The third kappa shape index (κ3) is 5.88. The summed E-state index contributed by atoms with van der Waals surface area (Å²) in [5.74, 6) is 0. The number of methoxy groups -OCH3 is 1. The standard InChI is InChI=1S/C17H16F3N3O3S/c1-25-16(24)22-13-6-4-3-5-11(13)10-26-23-15(27-2)14-8-7-12(9-21-14)17(18,19)20/h3-9H,10H2,1-2H3,(H,22,24). The highest BCUT2D eigenvalue weighted by atomic mass is 32.2. The smallest absolute Gasteiger partial charge is 0.417 e. The summed E-state index contributed by atoms with van der Waals surface area (Å²) in [6.07, 6.45) is -2.62. The van der Waals surface area contributed by atoms with Gasteiger partial charge in [0.2, 0.25) is 0 Å². The molecule has 0 atom stereocenters. The first kappa shape index (κ1) is 20.6. The van der Waals surface area contributed by atoms with Crippen molar-refractivity contribution in [2.24, 2.45) is 5.16 Å². The van der Waals surface area contributed by atoms with Crippen molar-refractivity contribution >= 4 is 28.6 Å². The van der Waals surface area contributed by atoms with Crippen LogP contribution in [0.5, 0.6) is 0 Å². The number of hydrogen-bond acceptors (Lipinski definition) is 6. The van der Waals surface area contributed by atoms with E-state index in [0.717, 1.165) is 12.3 Å². The molecule has 0 aliphatic carbocycles. The molecule has 1 heterocycles. The first-order valence-corrected chi connectivity index (χ1v) is 8.78. The summed E-state index contributed by atoms with van der Waals surface area (Å²) in [5.41, 5.74) is 0.567. The molecule has 144 valence electrons. The van der Waals surface area contributed by atoms with Gasteiger partial charge in [-0.25, -0.2) is 4.79 Å². The third-order valence-corrected chi connectivity index (χ3v) is 3.98. The zero-order valence-corrected chi connectivity index (χ0v) is 15.2. The molecule has 0 aliphatic heterocycles. The molecule has 1 aromatic heterocycles. The number of para-hydroxylation sites is 1. The molecule has 0 saturated carbocycles. The second-order valence-electron chi connectivity index (χ2n) is 5.08. The molecule has 0 unspecified atom stereocenters. The van der Waals surface area contributed by atoms with Gasteiger partial charge in [0, 0.05) is 11.8 Å². The van der Waals surface area contributed by atoms with Gasteiger partial charge in [0.1, 0.15) is 6.61 Å². The number of oxime groups is 1. The van der Waals surface area contributed by atoms with Gasteiger partial charge < -0.3 is 9.57 Å². The number of carbonyl (C=O) groups is 1. The number of alkyl halides is 3. The number of thioether (sulfide) groups is 1. The molecule has 6 nitrogen and oxygen atoms in total. The Morgan fingerprint density at radius 1 is 1.26 bits per heavy atom. The van der Waals surface area contributed by atoms with Crippen LogP contribution in [0.3, 0.4) is 0 Å². The molecule has 1 N–H and O–H groups in total. The summed E-state index contributed by atoms with van der Waals surface area (Å²) in [5, 5.41) is 6.80. The number of amides is 1. The van der Waals surface area contributed by atoms with Crippen LogP contribution in [0.1, 0.15) is 16.8 Å². The molecule has 1 amide bonds. The molecule has 1 aromatic carbocycles. The molecule has 0 radical (unpaired) electrons. The zero-order chi connectivity index (χ0) is 19.9. The third-order valence-electron chi connectivity index (χ3n) is 3.31. The van der Waals surface area contributed by atoms with Gasteiger partial charge in [-0.1, -0.05) is 23.4 Å². The van der Waals surface area contributed by atoms with Crippen molar-refractivity contribution in [3.8, 4) is 0 Å². The van der Waals surface area contributed by atoms with Crippen molar-refractivity contribution in [3.05, 3.63) is 59.4 Å². The lowest BCUT2D eigenvalue weighted by atomic mass is 10.2. The maximum atomic E-state index is 12.6. The molecule has 0 bridgehead atoms. The summed E-state index contributed by atoms with van der Waals surface area (Å²) in [7, 11) is 1.25. The number of aromatic nitrogens is 1. The van der Waals surface area contributed by atoms with Crippen LogP contribution in [0.15, 0.2) is 47.8 Å². The van der Waals surface area contributed by atoms with Crippen LogP contribution in [-0.2, 0) is 22.4 Å². The van der Waals surface area contributed by atoms with E-state index in [4.69, 9.17) is 4.84 Å². The van der Waals surface area contributed by atoms with Crippen LogP contribution >= 0.6 is 11.8 Å². The molecule has 27 heavy (non-hydrogen) atoms. The van der Waals surface area contributed by atoms with Crippen LogP contribution in [0.2, 0.25) is 0 Å². The Morgan fingerprint density at radius 2 is 2.00 bits per heavy atom. The lowest BCUT2D eigenvalue weighted by Gasteiger charge is -2.10. The predicted molar refractivity (Wildman–Crippen MR) is 96.5 cm³/mol. The van der Waals surface area contributed by atoms with Gasteiger partial charge in [0.15, 0.2) is 5.04 Å². The minimum Gasteiger partial charge on any atom is -0.453 e. The second-order valence-corrected chi connectivity index (χ2v) is 5.87. The van der Waals surface area contributed by atoms with Gasteiger partial charge in [-0.2, -0.15) is 13.2 Å². The molecular weight excluding hydrogens is 383 g/mol. The minimum absolute atomic E-state index is 0.0326. The van der Waals surface area contributed by atoms with Crippen molar-refractivity contribution in [2.45, 2.75) is 12.8 Å². The van der Waals surface area contributed by atoms with Gasteiger partial charge >= 0.3 is 12.3 Å². The Bertz CT molecular complexity index is 811. The molecule has 0 spiro atoms. The van der Waals surface area contributed by atoms with Gasteiger partial charge in [0.05, 0.1) is 24.1 Å². The average molecular weight is 399 g/mol. The van der Waals surface area contributed by atoms with E-state index in [1.807, 2.05) is 0 Å². The Hall–Kier alpha value is -2.75. The number of pyridine rings is 1. The van der Waals surface area contributed by atoms with Crippen molar-refractivity contribution in [1.82, 2.24) is 4.98 Å². The number of benzene rings is 1. The topological polar surface area (TPSA) is 72.8 Å². The predicted octanol–water partition coefficient (Wildman–Crippen LogP) is 4.52. The minimum atomic E-state index is -4.45. The zero-order valence-electron chi connectivity index (χ0n) is 14.4. The number of nitrogens with zero attached hydrogens (tertiary/aromatic N) is 2. The number of hydrogen-bond donors (Lipinski definition) is 1. The number of nitrogens with one attached hydrogen (secondary N) is 1. The van der Waals surface area contributed by atoms with E-state index in [2.05, 4.69) is 20.2 Å². The summed E-state index contributed by atoms with van der Waals surface area (Å²) in [4.78, 5) is 20.4. The average Bonchev–Trinajstić information content (AvgIpc) is 2.66. The number of ether oxygens (including phenoxy) is 1. The largest absolute Gasteiger partial charge is 0.453 e. The lowest BCUT2D eigenvalue weighted by Crippen LogP contribution is -2.12. The van der Waals surface area contributed by atoms with Crippen LogP contribution in [0, 0.1) is 0 Å². The van der Waals surface area contributed by atoms with E-state index in [1.165, 1.54) is 24.9 Å². The monoisotopic (exact) mass is 399 g/mol. The van der Waals surface area contributed by atoms with Crippen molar-refractivity contribution in [1.29, 1.82) is 0 Å². The number of carbonyl (C=O) groups excluding carboxylic acids is 1. The van der Waals surface area contributed by atoms with E-state index in [-0.39, 0.29) is 12.3 Å². The van der Waals surface area contributed by atoms with E-state index in [9.17, 15) is 18.0 Å². The Labute approximate surface area is 157 Å². The van der Waals surface area contributed by atoms with Gasteiger partial charge in [0.25, 0.3) is 0 Å². The van der Waals surface area contributed by atoms with Crippen LogP contribution in [-0.4, -0.2) is 29.5 Å². The molecule has 2 aromatic rings.